The smallest absolute Gasteiger partial charge is 0.379 e. The van der Waals surface area contributed by atoms with E-state index in [-0.39, 0.29) is 19.3 Å². The zero-order valence-corrected chi connectivity index (χ0v) is 34.3. The Balaban J connectivity index is 4.13. The summed E-state index contributed by atoms with van der Waals surface area (Å²) in [5.74, 6) is 0. The molecule has 49 heavy (non-hydrogen) atoms. The van der Waals surface area contributed by atoms with E-state index in [1.54, 1.807) is 0 Å². The first-order valence-corrected chi connectivity index (χ1v) is 23.0. The van der Waals surface area contributed by atoms with Crippen LogP contribution in [-0.4, -0.2) is 68.6 Å². The summed E-state index contributed by atoms with van der Waals surface area (Å²) in [6.45, 7) is 12.9. The minimum Gasteiger partial charge on any atom is -0.379 e. The topological polar surface area (TPSA) is 77.5 Å². The summed E-state index contributed by atoms with van der Waals surface area (Å²) in [6.07, 6.45) is 36.9. The molecule has 0 bridgehead atoms. The van der Waals surface area contributed by atoms with Crippen LogP contribution in [0, 0.1) is 0 Å². The summed E-state index contributed by atoms with van der Waals surface area (Å²) >= 11 is 0. The molecule has 1 N–H and O–H groups in total. The van der Waals surface area contributed by atoms with Crippen molar-refractivity contribution in [2.45, 2.75) is 214 Å². The third-order valence-corrected chi connectivity index (χ3v) is 10.8. The van der Waals surface area contributed by atoms with Crippen LogP contribution in [0.25, 0.3) is 0 Å². The van der Waals surface area contributed by atoms with Crippen LogP contribution in [0.2, 0.25) is 0 Å². The fourth-order valence-electron chi connectivity index (χ4n) is 6.34. The van der Waals surface area contributed by atoms with Crippen LogP contribution in [0.5, 0.6) is 0 Å². The maximum Gasteiger partial charge on any atom is 0.472 e. The molecule has 0 aromatic rings. The second-order valence-corrected chi connectivity index (χ2v) is 15.8. The van der Waals surface area contributed by atoms with Gasteiger partial charge < -0.3 is 19.3 Å². The molecule has 7 nitrogen and oxygen atoms in total. The van der Waals surface area contributed by atoms with E-state index in [2.05, 4.69) is 32.6 Å². The van der Waals surface area contributed by atoms with Crippen LogP contribution in [0.4, 0.5) is 0 Å². The van der Waals surface area contributed by atoms with Crippen molar-refractivity contribution < 1.29 is 28.0 Å². The molecule has 1 unspecified atom stereocenters. The second-order valence-electron chi connectivity index (χ2n) is 14.4. The minimum atomic E-state index is -4.14. The zero-order valence-electron chi connectivity index (χ0n) is 33.4. The van der Waals surface area contributed by atoms with Gasteiger partial charge in [0.25, 0.3) is 0 Å². The number of phosphoric ester groups is 1. The molecule has 0 spiro atoms. The Morgan fingerprint density at radius 1 is 0.469 bits per heavy atom. The molecule has 0 saturated heterocycles. The summed E-state index contributed by atoms with van der Waals surface area (Å²) in [5, 5.41) is 0. The van der Waals surface area contributed by atoms with Crippen molar-refractivity contribution in [2.24, 2.45) is 0 Å². The van der Waals surface area contributed by atoms with E-state index in [1.165, 1.54) is 161 Å². The normalized spacial score (nSPS) is 13.8. The van der Waals surface area contributed by atoms with Crippen LogP contribution in [0.3, 0.4) is 0 Å². The predicted octanol–water partition coefficient (Wildman–Crippen LogP) is 12.8. The molecule has 2 atom stereocenters. The van der Waals surface area contributed by atoms with Gasteiger partial charge in [-0.05, 0) is 25.9 Å². The lowest BCUT2D eigenvalue weighted by Crippen LogP contribution is -2.28. The molecular weight excluding hydrogens is 633 g/mol. The van der Waals surface area contributed by atoms with Crippen molar-refractivity contribution in [3.63, 3.8) is 0 Å². The number of hydrogen-bond donors (Lipinski definition) is 1. The van der Waals surface area contributed by atoms with Crippen LogP contribution in [0.1, 0.15) is 207 Å². The van der Waals surface area contributed by atoms with Gasteiger partial charge in [-0.15, -0.1) is 0 Å². The molecule has 0 fully saturated rings. The molecule has 0 rings (SSSR count). The minimum absolute atomic E-state index is 0.00358. The third-order valence-electron chi connectivity index (χ3n) is 9.78. The van der Waals surface area contributed by atoms with Crippen molar-refractivity contribution in [3.8, 4) is 0 Å². The molecule has 0 aliphatic rings. The van der Waals surface area contributed by atoms with Crippen LogP contribution >= 0.6 is 7.82 Å². The van der Waals surface area contributed by atoms with Crippen molar-refractivity contribution in [1.82, 2.24) is 4.90 Å². The highest BCUT2D eigenvalue weighted by atomic mass is 31.2. The Morgan fingerprint density at radius 2 is 0.837 bits per heavy atom. The molecule has 0 heterocycles. The second kappa shape index (κ2) is 39.2. The van der Waals surface area contributed by atoms with E-state index in [1.807, 2.05) is 0 Å². The van der Waals surface area contributed by atoms with E-state index in [0.717, 1.165) is 32.4 Å². The van der Waals surface area contributed by atoms with Gasteiger partial charge >= 0.3 is 7.82 Å². The standard InChI is InChI=1S/C41H86NO6P/c1-5-9-11-13-15-17-19-21-23-25-27-29-31-33-36-45-39-41(40-48-49(43,44)47-38-35-42(7-3)8-4)46-37-34-32-30-28-26-24-22-20-18-16-14-12-10-6-2/h41H,5-40H2,1-4H3,(H,43,44)/t41-/m1/s1. The number of nitrogens with zero attached hydrogens (tertiary/aromatic N) is 1. The summed E-state index contributed by atoms with van der Waals surface area (Å²) in [6, 6.07) is 0. The van der Waals surface area contributed by atoms with Gasteiger partial charge in [-0.3, -0.25) is 9.05 Å². The van der Waals surface area contributed by atoms with Gasteiger partial charge in [-0.1, -0.05) is 195 Å². The quantitative estimate of drug-likeness (QED) is 0.0497. The van der Waals surface area contributed by atoms with Crippen LogP contribution in [-0.2, 0) is 23.1 Å². The molecule has 8 heteroatoms. The number of ether oxygens (including phenoxy) is 2. The molecule has 0 saturated carbocycles. The molecule has 0 aliphatic heterocycles. The molecule has 0 amide bonds. The highest BCUT2D eigenvalue weighted by Crippen LogP contribution is 2.43. The van der Waals surface area contributed by atoms with Gasteiger partial charge in [0.05, 0.1) is 19.8 Å². The fraction of sp³-hybridized carbons (Fsp3) is 1.00. The summed E-state index contributed by atoms with van der Waals surface area (Å²) < 4.78 is 35.2. The van der Waals surface area contributed by atoms with Crippen molar-refractivity contribution in [2.75, 3.05) is 52.7 Å². The van der Waals surface area contributed by atoms with E-state index >= 15 is 0 Å². The number of likely N-dealkylation sites (N-methyl/N-ethyl adjacent to an activating group) is 1. The van der Waals surface area contributed by atoms with Crippen molar-refractivity contribution in [3.05, 3.63) is 0 Å². The number of hydrogen-bond acceptors (Lipinski definition) is 6. The van der Waals surface area contributed by atoms with Crippen LogP contribution < -0.4 is 0 Å². The fourth-order valence-corrected chi connectivity index (χ4v) is 7.09. The van der Waals surface area contributed by atoms with E-state index in [0.29, 0.717) is 26.4 Å². The average Bonchev–Trinajstić information content (AvgIpc) is 3.10. The number of unbranched alkanes of at least 4 members (excludes halogenated alkanes) is 26. The van der Waals surface area contributed by atoms with E-state index < -0.39 is 7.82 Å². The Labute approximate surface area is 306 Å². The van der Waals surface area contributed by atoms with Gasteiger partial charge in [0.1, 0.15) is 6.10 Å². The highest BCUT2D eigenvalue weighted by molar-refractivity contribution is 7.47. The van der Waals surface area contributed by atoms with Gasteiger partial charge in [0, 0.05) is 19.8 Å². The van der Waals surface area contributed by atoms with Gasteiger partial charge in [0.15, 0.2) is 0 Å². The summed E-state index contributed by atoms with van der Waals surface area (Å²) in [7, 11) is -4.14. The first-order valence-electron chi connectivity index (χ1n) is 21.5. The lowest BCUT2D eigenvalue weighted by atomic mass is 10.0. The van der Waals surface area contributed by atoms with Crippen LogP contribution in [0.15, 0.2) is 0 Å². The van der Waals surface area contributed by atoms with E-state index in [4.69, 9.17) is 18.5 Å². The zero-order chi connectivity index (χ0) is 35.9. The maximum atomic E-state index is 12.5. The average molecular weight is 720 g/mol. The molecule has 0 aromatic carbocycles. The van der Waals surface area contributed by atoms with E-state index in [9.17, 15) is 9.46 Å². The molecule has 0 aromatic heterocycles. The SMILES string of the molecule is CCCCCCCCCCCCCCCCOC[C@H](COP(=O)(O)OCCN(CC)CC)OCCCCCCCCCCCCCCCC. The first kappa shape index (κ1) is 49.0. The predicted molar refractivity (Wildman–Crippen MR) is 211 cm³/mol. The lowest BCUT2D eigenvalue weighted by Gasteiger charge is -2.21. The third kappa shape index (κ3) is 37.6. The number of rotatable bonds is 42. The Kier molecular flexibility index (Phi) is 39.2. The molecular formula is C41H86NO6P. The molecule has 0 radical (unpaired) electrons. The summed E-state index contributed by atoms with van der Waals surface area (Å²) in [4.78, 5) is 12.4. The largest absolute Gasteiger partial charge is 0.472 e. The Morgan fingerprint density at radius 3 is 1.22 bits per heavy atom. The highest BCUT2D eigenvalue weighted by Gasteiger charge is 2.24. The summed E-state index contributed by atoms with van der Waals surface area (Å²) in [5.41, 5.74) is 0. The van der Waals surface area contributed by atoms with Gasteiger partial charge in [-0.2, -0.15) is 0 Å². The van der Waals surface area contributed by atoms with Crippen molar-refractivity contribution in [1.29, 1.82) is 0 Å². The monoisotopic (exact) mass is 720 g/mol. The maximum absolute atomic E-state index is 12.5. The Hall–Kier alpha value is -0.0100. The molecule has 0 aliphatic carbocycles. The Bertz CT molecular complexity index is 680. The van der Waals surface area contributed by atoms with Gasteiger partial charge in [-0.25, -0.2) is 4.57 Å². The van der Waals surface area contributed by atoms with Crippen molar-refractivity contribution >= 4 is 7.82 Å². The molecule has 296 valence electrons. The number of phosphoric acid groups is 1. The lowest BCUT2D eigenvalue weighted by molar-refractivity contribution is -0.0445. The van der Waals surface area contributed by atoms with Gasteiger partial charge in [0.2, 0.25) is 0 Å². The first-order chi connectivity index (χ1) is 24.0.